The van der Waals surface area contributed by atoms with Crippen LogP contribution in [0.25, 0.3) is 0 Å². The second-order valence-corrected chi connectivity index (χ2v) is 8.49. The van der Waals surface area contributed by atoms with Crippen molar-refractivity contribution >= 4 is 17.6 Å². The Morgan fingerprint density at radius 3 is 2.70 bits per heavy atom. The standard InChI is InChI=1S/C23H40N6O/c1-5-24-23(25-12-7-13-29-14-10-19(2)11-15-29)26-17-20-8-6-9-21(16-20)27-22(30)18-28(3)4/h6,8-9,16,19H,5,7,10-15,17-18H2,1-4H3,(H,27,30)(H2,24,25,26). The van der Waals surface area contributed by atoms with Crippen LogP contribution in [0.2, 0.25) is 0 Å². The monoisotopic (exact) mass is 416 g/mol. The number of aliphatic imine (C=N–C) groups is 1. The Bertz CT molecular complexity index is 667. The van der Waals surface area contributed by atoms with Gasteiger partial charge in [-0.25, -0.2) is 4.99 Å². The predicted octanol–water partition coefficient (Wildman–Crippen LogP) is 2.36. The van der Waals surface area contributed by atoms with Crippen molar-refractivity contribution in [3.63, 3.8) is 0 Å². The second-order valence-electron chi connectivity index (χ2n) is 8.49. The van der Waals surface area contributed by atoms with Crippen LogP contribution in [0.1, 0.15) is 38.7 Å². The molecule has 0 spiro atoms. The van der Waals surface area contributed by atoms with Crippen molar-refractivity contribution in [1.29, 1.82) is 0 Å². The molecule has 1 aliphatic rings. The number of carbonyl (C=O) groups excluding carboxylic acids is 1. The molecule has 3 N–H and O–H groups in total. The molecular formula is C23H40N6O. The predicted molar refractivity (Wildman–Crippen MR) is 126 cm³/mol. The van der Waals surface area contributed by atoms with Crippen molar-refractivity contribution in [2.24, 2.45) is 10.9 Å². The highest BCUT2D eigenvalue weighted by atomic mass is 16.2. The average Bonchev–Trinajstić information content (AvgIpc) is 2.70. The average molecular weight is 417 g/mol. The molecule has 0 aromatic heterocycles. The fourth-order valence-corrected chi connectivity index (χ4v) is 3.54. The van der Waals surface area contributed by atoms with Crippen LogP contribution in [-0.4, -0.2) is 75.0 Å². The van der Waals surface area contributed by atoms with Gasteiger partial charge >= 0.3 is 0 Å². The molecule has 0 bridgehead atoms. The van der Waals surface area contributed by atoms with Gasteiger partial charge in [0, 0.05) is 18.8 Å². The number of carbonyl (C=O) groups is 1. The van der Waals surface area contributed by atoms with Crippen LogP contribution in [0, 0.1) is 5.92 Å². The van der Waals surface area contributed by atoms with E-state index >= 15 is 0 Å². The number of benzene rings is 1. The maximum atomic E-state index is 12.0. The number of likely N-dealkylation sites (N-methyl/N-ethyl adjacent to an activating group) is 1. The summed E-state index contributed by atoms with van der Waals surface area (Å²) in [6, 6.07) is 7.88. The van der Waals surface area contributed by atoms with E-state index in [0.717, 1.165) is 49.2 Å². The van der Waals surface area contributed by atoms with E-state index in [1.165, 1.54) is 25.9 Å². The molecular weight excluding hydrogens is 376 g/mol. The van der Waals surface area contributed by atoms with E-state index in [-0.39, 0.29) is 5.91 Å². The van der Waals surface area contributed by atoms with E-state index in [1.54, 1.807) is 0 Å². The number of amides is 1. The molecule has 1 saturated heterocycles. The minimum absolute atomic E-state index is 0.0150. The van der Waals surface area contributed by atoms with Gasteiger partial charge in [0.1, 0.15) is 0 Å². The first-order chi connectivity index (χ1) is 14.5. The molecule has 1 heterocycles. The molecule has 1 aromatic rings. The molecule has 7 heteroatoms. The highest BCUT2D eigenvalue weighted by Gasteiger charge is 2.14. The Morgan fingerprint density at radius 1 is 1.23 bits per heavy atom. The van der Waals surface area contributed by atoms with Crippen LogP contribution in [0.15, 0.2) is 29.3 Å². The molecule has 1 aliphatic heterocycles. The number of nitrogens with zero attached hydrogens (tertiary/aromatic N) is 3. The number of likely N-dealkylation sites (tertiary alicyclic amines) is 1. The van der Waals surface area contributed by atoms with E-state index in [9.17, 15) is 4.79 Å². The first kappa shape index (κ1) is 24.2. The molecule has 0 unspecified atom stereocenters. The Labute approximate surface area is 182 Å². The Morgan fingerprint density at radius 2 is 2.00 bits per heavy atom. The van der Waals surface area contributed by atoms with Gasteiger partial charge < -0.3 is 25.8 Å². The first-order valence-electron chi connectivity index (χ1n) is 11.2. The lowest BCUT2D eigenvalue weighted by molar-refractivity contribution is -0.116. The highest BCUT2D eigenvalue weighted by molar-refractivity contribution is 5.92. The summed E-state index contributed by atoms with van der Waals surface area (Å²) >= 11 is 0. The van der Waals surface area contributed by atoms with Crippen LogP contribution in [0.4, 0.5) is 5.69 Å². The van der Waals surface area contributed by atoms with Crippen molar-refractivity contribution in [3.05, 3.63) is 29.8 Å². The van der Waals surface area contributed by atoms with Crippen LogP contribution < -0.4 is 16.0 Å². The van der Waals surface area contributed by atoms with Crippen molar-refractivity contribution in [3.8, 4) is 0 Å². The summed E-state index contributed by atoms with van der Waals surface area (Å²) in [5.74, 6) is 1.71. The largest absolute Gasteiger partial charge is 0.357 e. The molecule has 0 aliphatic carbocycles. The molecule has 0 saturated carbocycles. The zero-order chi connectivity index (χ0) is 21.8. The third-order valence-electron chi connectivity index (χ3n) is 5.25. The molecule has 7 nitrogen and oxygen atoms in total. The van der Waals surface area contributed by atoms with Gasteiger partial charge in [0.25, 0.3) is 0 Å². The van der Waals surface area contributed by atoms with E-state index in [0.29, 0.717) is 13.1 Å². The van der Waals surface area contributed by atoms with Gasteiger partial charge in [0.15, 0.2) is 5.96 Å². The molecule has 1 aromatic carbocycles. The van der Waals surface area contributed by atoms with Gasteiger partial charge in [-0.15, -0.1) is 0 Å². The number of rotatable bonds is 10. The van der Waals surface area contributed by atoms with Gasteiger partial charge in [-0.05, 0) is 83.5 Å². The fraction of sp³-hybridized carbons (Fsp3) is 0.652. The van der Waals surface area contributed by atoms with Crippen molar-refractivity contribution < 1.29 is 4.79 Å². The van der Waals surface area contributed by atoms with Gasteiger partial charge in [-0.3, -0.25) is 4.79 Å². The lowest BCUT2D eigenvalue weighted by Gasteiger charge is -2.30. The van der Waals surface area contributed by atoms with E-state index in [2.05, 4.69) is 34.7 Å². The Balaban J connectivity index is 1.79. The summed E-state index contributed by atoms with van der Waals surface area (Å²) in [5, 5.41) is 9.70. The van der Waals surface area contributed by atoms with Gasteiger partial charge in [-0.1, -0.05) is 19.1 Å². The van der Waals surface area contributed by atoms with Crippen LogP contribution in [0.3, 0.4) is 0 Å². The zero-order valence-electron chi connectivity index (χ0n) is 19.2. The van der Waals surface area contributed by atoms with Crippen molar-refractivity contribution in [2.75, 3.05) is 58.7 Å². The minimum Gasteiger partial charge on any atom is -0.357 e. The van der Waals surface area contributed by atoms with Gasteiger partial charge in [0.05, 0.1) is 13.1 Å². The van der Waals surface area contributed by atoms with Gasteiger partial charge in [0.2, 0.25) is 5.91 Å². The molecule has 2 rings (SSSR count). The van der Waals surface area contributed by atoms with Crippen LogP contribution >= 0.6 is 0 Å². The quantitative estimate of drug-likeness (QED) is 0.310. The van der Waals surface area contributed by atoms with E-state index < -0.39 is 0 Å². The normalized spacial score (nSPS) is 16.0. The summed E-state index contributed by atoms with van der Waals surface area (Å²) in [4.78, 5) is 21.1. The second kappa shape index (κ2) is 13.2. The lowest BCUT2D eigenvalue weighted by Crippen LogP contribution is -2.39. The summed E-state index contributed by atoms with van der Waals surface area (Å²) in [6.07, 6.45) is 3.77. The first-order valence-corrected chi connectivity index (χ1v) is 11.2. The minimum atomic E-state index is -0.0150. The number of hydrogen-bond donors (Lipinski definition) is 3. The summed E-state index contributed by atoms with van der Waals surface area (Å²) in [5.41, 5.74) is 1.88. The molecule has 0 radical (unpaired) electrons. The number of hydrogen-bond acceptors (Lipinski definition) is 4. The number of anilines is 1. The Kier molecular flexibility index (Phi) is 10.7. The SMILES string of the molecule is CCNC(=NCc1cccc(NC(=O)CN(C)C)c1)NCCCN1CCC(C)CC1. The lowest BCUT2D eigenvalue weighted by atomic mass is 9.99. The smallest absolute Gasteiger partial charge is 0.238 e. The Hall–Kier alpha value is -2.12. The molecule has 0 atom stereocenters. The van der Waals surface area contributed by atoms with Gasteiger partial charge in [-0.2, -0.15) is 0 Å². The maximum Gasteiger partial charge on any atom is 0.238 e. The summed E-state index contributed by atoms with van der Waals surface area (Å²) < 4.78 is 0. The van der Waals surface area contributed by atoms with E-state index in [1.807, 2.05) is 43.3 Å². The number of piperidine rings is 1. The number of guanidine groups is 1. The number of nitrogens with one attached hydrogen (secondary N) is 3. The van der Waals surface area contributed by atoms with Crippen LogP contribution in [0.5, 0.6) is 0 Å². The highest BCUT2D eigenvalue weighted by Crippen LogP contribution is 2.15. The zero-order valence-corrected chi connectivity index (χ0v) is 19.2. The van der Waals surface area contributed by atoms with Crippen molar-refractivity contribution in [1.82, 2.24) is 20.4 Å². The third-order valence-corrected chi connectivity index (χ3v) is 5.25. The van der Waals surface area contributed by atoms with Crippen molar-refractivity contribution in [2.45, 2.75) is 39.7 Å². The fourth-order valence-electron chi connectivity index (χ4n) is 3.54. The van der Waals surface area contributed by atoms with E-state index in [4.69, 9.17) is 4.99 Å². The van der Waals surface area contributed by atoms with Crippen LogP contribution in [-0.2, 0) is 11.3 Å². The molecule has 30 heavy (non-hydrogen) atoms. The molecule has 1 fully saturated rings. The maximum absolute atomic E-state index is 12.0. The summed E-state index contributed by atoms with van der Waals surface area (Å²) in [7, 11) is 3.76. The molecule has 168 valence electrons. The molecule has 1 amide bonds. The third kappa shape index (κ3) is 9.59. The topological polar surface area (TPSA) is 72.0 Å². The summed E-state index contributed by atoms with van der Waals surface area (Å²) in [6.45, 7) is 10.7.